The fraction of sp³-hybridized carbons (Fsp3) is 0.377. The number of aldehydes is 1. The van der Waals surface area contributed by atoms with Crippen molar-refractivity contribution in [3.8, 4) is 22.5 Å². The van der Waals surface area contributed by atoms with Crippen molar-refractivity contribution in [3.05, 3.63) is 150 Å². The Morgan fingerprint density at radius 1 is 0.627 bits per heavy atom. The molecule has 3 atom stereocenters. The Hall–Kier alpha value is -4.65. The van der Waals surface area contributed by atoms with Gasteiger partial charge in [0.2, 0.25) is 0 Å². The van der Waals surface area contributed by atoms with Crippen LogP contribution in [0.3, 0.4) is 0 Å². The van der Waals surface area contributed by atoms with Crippen LogP contribution >= 0.6 is 46.4 Å². The van der Waals surface area contributed by atoms with Crippen LogP contribution in [0.4, 0.5) is 11.6 Å². The first-order valence-corrected chi connectivity index (χ1v) is 24.8. The van der Waals surface area contributed by atoms with Gasteiger partial charge < -0.3 is 26.4 Å². The summed E-state index contributed by atoms with van der Waals surface area (Å²) in [5.41, 5.74) is 24.1. The van der Waals surface area contributed by atoms with E-state index < -0.39 is 6.10 Å². The summed E-state index contributed by atoms with van der Waals surface area (Å²) in [5.74, 6) is 1.66. The molecule has 2 saturated heterocycles. The Morgan fingerprint density at radius 3 is 1.54 bits per heavy atom. The summed E-state index contributed by atoms with van der Waals surface area (Å²) in [7, 11) is 0. The van der Waals surface area contributed by atoms with Gasteiger partial charge in [-0.2, -0.15) is 0 Å². The Morgan fingerprint density at radius 2 is 1.07 bits per heavy atom. The van der Waals surface area contributed by atoms with E-state index in [1.54, 1.807) is 12.1 Å². The van der Waals surface area contributed by atoms with Crippen LogP contribution in [-0.4, -0.2) is 57.5 Å². The zero-order chi connectivity index (χ0) is 46.8. The maximum absolute atomic E-state index is 12.0. The van der Waals surface area contributed by atoms with Gasteiger partial charge in [-0.15, -0.1) is 0 Å². The number of aryl methyl sites for hydroxylation is 2. The maximum atomic E-state index is 12.0. The summed E-state index contributed by atoms with van der Waals surface area (Å²) in [6.07, 6.45) is 8.08. The quantitative estimate of drug-likeness (QED) is 0.132. The monoisotopic (exact) mass is 974 g/mol. The molecule has 5 aliphatic rings. The average molecular weight is 977 g/mol. The molecular weight excluding hydrogens is 922 g/mol. The van der Waals surface area contributed by atoms with E-state index in [2.05, 4.69) is 63.3 Å². The molecule has 346 valence electrons. The number of fused-ring (bicyclic) bond motifs is 2. The van der Waals surface area contributed by atoms with Crippen LogP contribution in [0.5, 0.6) is 0 Å². The van der Waals surface area contributed by atoms with Crippen molar-refractivity contribution in [3.63, 3.8) is 0 Å². The number of anilines is 2. The maximum Gasteiger partial charge on any atom is 0.172 e. The van der Waals surface area contributed by atoms with Crippen molar-refractivity contribution in [2.24, 2.45) is 28.2 Å². The highest BCUT2D eigenvalue weighted by molar-refractivity contribution is 6.44. The molecule has 11 rings (SSSR count). The number of piperidine rings is 2. The van der Waals surface area contributed by atoms with Gasteiger partial charge in [-0.3, -0.25) is 4.79 Å². The normalized spacial score (nSPS) is 20.6. The molecule has 2 aromatic heterocycles. The standard InChI is InChI=1S/C28H30Cl2N4O.C25H24Cl2N4O/c1-16-23(20-7-4-8-21(29)22(20)30)33-24(25(35)17-9-10-17)27(32-16)34-13-11-28(12-14-34)15-18-5-2-3-6-19(18)26(28)31;1-15-22(18-7-4-8-19(26)21(18)27)30-20(14-32)24(29-15)31-11-9-25(10-12-31)13-16-5-2-3-6-17(16)23(25)28/h2-8,17,25-26,35H,9-15,31H2,1H3;2-8,14,23H,9-13,28H2,1H3/t25?,26-;23-/m11/s1. The van der Waals surface area contributed by atoms with Crippen molar-refractivity contribution >= 4 is 64.3 Å². The van der Waals surface area contributed by atoms with Crippen molar-refractivity contribution in [1.82, 2.24) is 19.9 Å². The third-order valence-electron chi connectivity index (χ3n) is 15.3. The number of aliphatic hydroxyl groups excluding tert-OH is 1. The van der Waals surface area contributed by atoms with E-state index in [4.69, 9.17) is 72.8 Å². The zero-order valence-electron chi connectivity index (χ0n) is 37.7. The number of nitrogens with zero attached hydrogens (tertiary/aromatic N) is 6. The highest BCUT2D eigenvalue weighted by atomic mass is 35.5. The highest BCUT2D eigenvalue weighted by Crippen LogP contribution is 2.53. The Balaban J connectivity index is 0.000000157. The number of nitrogens with two attached hydrogens (primary N) is 2. The van der Waals surface area contributed by atoms with E-state index in [1.165, 1.54) is 22.3 Å². The number of carbonyl (C=O) groups is 1. The van der Waals surface area contributed by atoms with Gasteiger partial charge in [-0.1, -0.05) is 119 Å². The lowest BCUT2D eigenvalue weighted by molar-refractivity contribution is 0.111. The van der Waals surface area contributed by atoms with Gasteiger partial charge in [-0.05, 0) is 116 Å². The lowest BCUT2D eigenvalue weighted by atomic mass is 9.73. The predicted octanol–water partition coefficient (Wildman–Crippen LogP) is 11.5. The third kappa shape index (κ3) is 8.40. The fourth-order valence-electron chi connectivity index (χ4n) is 11.2. The minimum Gasteiger partial charge on any atom is -0.386 e. The lowest BCUT2D eigenvalue weighted by Crippen LogP contribution is -2.45. The second kappa shape index (κ2) is 18.3. The van der Waals surface area contributed by atoms with Crippen molar-refractivity contribution in [1.29, 1.82) is 0 Å². The second-order valence-electron chi connectivity index (χ2n) is 19.2. The molecule has 0 radical (unpaired) electrons. The van der Waals surface area contributed by atoms with Crippen molar-refractivity contribution < 1.29 is 9.90 Å². The average Bonchev–Trinajstić information content (AvgIpc) is 4.11. The van der Waals surface area contributed by atoms with Gasteiger partial charge in [0.15, 0.2) is 17.9 Å². The molecular formula is C53H54Cl4N8O2. The molecule has 10 nitrogen and oxygen atoms in total. The number of benzene rings is 4. The van der Waals surface area contributed by atoms with Crippen LogP contribution in [0.15, 0.2) is 84.9 Å². The molecule has 4 heterocycles. The highest BCUT2D eigenvalue weighted by Gasteiger charge is 2.48. The van der Waals surface area contributed by atoms with Gasteiger partial charge >= 0.3 is 0 Å². The molecule has 3 aliphatic carbocycles. The number of hydrogen-bond donors (Lipinski definition) is 3. The Kier molecular flexibility index (Phi) is 12.6. The molecule has 2 spiro atoms. The van der Waals surface area contributed by atoms with Crippen LogP contribution in [0, 0.1) is 30.6 Å². The van der Waals surface area contributed by atoms with Crippen LogP contribution in [0.25, 0.3) is 22.5 Å². The van der Waals surface area contributed by atoms with Crippen molar-refractivity contribution in [2.45, 2.75) is 83.4 Å². The van der Waals surface area contributed by atoms with Crippen LogP contribution in [0.1, 0.15) is 107 Å². The molecule has 14 heteroatoms. The van der Waals surface area contributed by atoms with E-state index in [1.807, 2.05) is 38.1 Å². The third-order valence-corrected chi connectivity index (χ3v) is 17.0. The zero-order valence-corrected chi connectivity index (χ0v) is 40.7. The summed E-state index contributed by atoms with van der Waals surface area (Å²) < 4.78 is 0. The van der Waals surface area contributed by atoms with Gasteiger partial charge in [0, 0.05) is 49.4 Å². The molecule has 0 bridgehead atoms. The minimum absolute atomic E-state index is 0.0477. The van der Waals surface area contributed by atoms with Gasteiger partial charge in [0.1, 0.15) is 17.5 Å². The molecule has 1 unspecified atom stereocenters. The first-order valence-electron chi connectivity index (χ1n) is 23.3. The lowest BCUT2D eigenvalue weighted by Gasteiger charge is -2.43. The smallest absolute Gasteiger partial charge is 0.172 e. The summed E-state index contributed by atoms with van der Waals surface area (Å²) in [5, 5.41) is 13.0. The molecule has 1 saturated carbocycles. The number of halogens is 4. The number of aromatic nitrogens is 4. The summed E-state index contributed by atoms with van der Waals surface area (Å²) in [6.45, 7) is 7.09. The van der Waals surface area contributed by atoms with E-state index >= 15 is 0 Å². The molecule has 3 fully saturated rings. The summed E-state index contributed by atoms with van der Waals surface area (Å²) in [4.78, 5) is 35.9. The molecule has 6 aromatic rings. The predicted molar refractivity (Wildman–Crippen MR) is 269 cm³/mol. The number of rotatable bonds is 7. The SMILES string of the molecule is Cc1nc(N2CCC3(CC2)Cc2ccccc2[C@H]3N)c(C(O)C2CC2)nc1-c1cccc(Cl)c1Cl.Cc1nc(N2CCC3(CC2)Cc2ccccc2[C@H]3N)c(C=O)nc1-c1cccc(Cl)c1Cl. The minimum atomic E-state index is -0.635. The first kappa shape index (κ1) is 46.1. The molecule has 5 N–H and O–H groups in total. The van der Waals surface area contributed by atoms with Gasteiger partial charge in [-0.25, -0.2) is 19.9 Å². The van der Waals surface area contributed by atoms with Crippen molar-refractivity contribution in [2.75, 3.05) is 36.0 Å². The molecule has 0 amide bonds. The largest absolute Gasteiger partial charge is 0.386 e. The van der Waals surface area contributed by atoms with Crippen LogP contribution in [-0.2, 0) is 12.8 Å². The Bertz CT molecular complexity index is 2880. The van der Waals surface area contributed by atoms with E-state index in [-0.39, 0.29) is 28.8 Å². The number of carbonyl (C=O) groups excluding carboxylic acids is 1. The van der Waals surface area contributed by atoms with Gasteiger partial charge in [0.25, 0.3) is 0 Å². The molecule has 4 aromatic carbocycles. The second-order valence-corrected chi connectivity index (χ2v) is 20.8. The topological polar surface area (TPSA) is 147 Å². The van der Waals surface area contributed by atoms with Crippen LogP contribution in [0.2, 0.25) is 20.1 Å². The van der Waals surface area contributed by atoms with E-state index in [0.29, 0.717) is 59.9 Å². The van der Waals surface area contributed by atoms with Gasteiger partial charge in [0.05, 0.1) is 42.9 Å². The summed E-state index contributed by atoms with van der Waals surface area (Å²) >= 11 is 25.4. The van der Waals surface area contributed by atoms with E-state index in [9.17, 15) is 9.90 Å². The number of aliphatic hydroxyl groups is 1. The molecule has 67 heavy (non-hydrogen) atoms. The fourth-order valence-corrected chi connectivity index (χ4v) is 12.0. The molecule has 2 aliphatic heterocycles. The first-order chi connectivity index (χ1) is 32.3. The Labute approximate surface area is 412 Å². The number of hydrogen-bond acceptors (Lipinski definition) is 10. The van der Waals surface area contributed by atoms with E-state index in [0.717, 1.165) is 101 Å². The van der Waals surface area contributed by atoms with Crippen LogP contribution < -0.4 is 21.3 Å². The summed E-state index contributed by atoms with van der Waals surface area (Å²) in [6, 6.07) is 28.1.